The molecule has 0 radical (unpaired) electrons. The molecule has 2 fully saturated rings. The van der Waals surface area contributed by atoms with Crippen molar-refractivity contribution in [1.29, 1.82) is 0 Å². The van der Waals surface area contributed by atoms with Crippen LogP contribution >= 0.6 is 0 Å². The van der Waals surface area contributed by atoms with Crippen molar-refractivity contribution in [2.75, 3.05) is 39.3 Å². The van der Waals surface area contributed by atoms with Crippen LogP contribution in [0, 0.1) is 17.7 Å². The molecule has 0 bridgehead atoms. The van der Waals surface area contributed by atoms with Crippen LogP contribution in [0.3, 0.4) is 0 Å². The van der Waals surface area contributed by atoms with Gasteiger partial charge in [0.25, 0.3) is 0 Å². The van der Waals surface area contributed by atoms with E-state index in [0.29, 0.717) is 19.5 Å². The first-order valence-corrected chi connectivity index (χ1v) is 11.1. The molecule has 8 heteroatoms. The lowest BCUT2D eigenvalue weighted by molar-refractivity contribution is -0.124. The largest absolute Gasteiger partial charge is 0.355 e. The number of benzene rings is 1. The molecule has 0 spiro atoms. The Labute approximate surface area is 160 Å². The fourth-order valence-electron chi connectivity index (χ4n) is 3.68. The van der Waals surface area contributed by atoms with Gasteiger partial charge in [-0.05, 0) is 62.5 Å². The summed E-state index contributed by atoms with van der Waals surface area (Å²) in [5, 5.41) is 2.95. The topological polar surface area (TPSA) is 69.7 Å². The maximum Gasteiger partial charge on any atom is 0.243 e. The van der Waals surface area contributed by atoms with Crippen molar-refractivity contribution in [2.45, 2.75) is 31.1 Å². The number of sulfonamides is 1. The zero-order valence-electron chi connectivity index (χ0n) is 15.7. The van der Waals surface area contributed by atoms with Gasteiger partial charge in [0.2, 0.25) is 15.9 Å². The van der Waals surface area contributed by atoms with Gasteiger partial charge in [0.05, 0.1) is 10.8 Å². The average molecular weight is 398 g/mol. The van der Waals surface area contributed by atoms with Gasteiger partial charge in [0.15, 0.2) is 0 Å². The Morgan fingerprint density at radius 2 is 1.81 bits per heavy atom. The van der Waals surface area contributed by atoms with Crippen LogP contribution in [-0.2, 0) is 14.8 Å². The zero-order chi connectivity index (χ0) is 19.4. The van der Waals surface area contributed by atoms with Gasteiger partial charge in [-0.3, -0.25) is 4.79 Å². The van der Waals surface area contributed by atoms with Crippen molar-refractivity contribution in [3.05, 3.63) is 30.1 Å². The van der Waals surface area contributed by atoms with E-state index in [4.69, 9.17) is 0 Å². The van der Waals surface area contributed by atoms with E-state index in [1.807, 2.05) is 0 Å². The second-order valence-corrected chi connectivity index (χ2v) is 9.56. The lowest BCUT2D eigenvalue weighted by atomic mass is 9.99. The molecule has 1 aromatic rings. The first-order chi connectivity index (χ1) is 12.9. The van der Waals surface area contributed by atoms with E-state index in [1.54, 1.807) is 0 Å². The van der Waals surface area contributed by atoms with Crippen LogP contribution in [0.25, 0.3) is 0 Å². The normalized spacial score (nSPS) is 22.8. The highest BCUT2D eigenvalue weighted by atomic mass is 32.2. The number of amides is 1. The smallest absolute Gasteiger partial charge is 0.243 e. The summed E-state index contributed by atoms with van der Waals surface area (Å²) in [4.78, 5) is 14.8. The fraction of sp³-hybridized carbons (Fsp3) is 0.632. The number of hydrogen-bond acceptors (Lipinski definition) is 4. The summed E-state index contributed by atoms with van der Waals surface area (Å²) in [6.07, 6.45) is 2.91. The summed E-state index contributed by atoms with van der Waals surface area (Å²) in [7, 11) is -3.69. The number of piperidine rings is 1. The van der Waals surface area contributed by atoms with Gasteiger partial charge in [0.1, 0.15) is 5.82 Å². The highest BCUT2D eigenvalue weighted by Gasteiger charge is 2.35. The van der Waals surface area contributed by atoms with Crippen molar-refractivity contribution >= 4 is 15.9 Å². The second-order valence-electron chi connectivity index (χ2n) is 7.62. The summed E-state index contributed by atoms with van der Waals surface area (Å²) in [6.45, 7) is 6.32. The van der Waals surface area contributed by atoms with Crippen LogP contribution < -0.4 is 5.32 Å². The summed E-state index contributed by atoms with van der Waals surface area (Å²) < 4.78 is 39.6. The minimum absolute atomic E-state index is 0.0595. The van der Waals surface area contributed by atoms with E-state index in [1.165, 1.54) is 29.3 Å². The SMILES string of the molecule is CC1CCN(CCNC(=O)C2CCN(S(=O)(=O)c3ccc(F)cc3)C2)CC1. The van der Waals surface area contributed by atoms with E-state index in [0.717, 1.165) is 37.7 Å². The quantitative estimate of drug-likeness (QED) is 0.793. The van der Waals surface area contributed by atoms with Crippen molar-refractivity contribution in [3.8, 4) is 0 Å². The highest BCUT2D eigenvalue weighted by molar-refractivity contribution is 7.89. The molecule has 1 atom stereocenters. The molecule has 0 aliphatic carbocycles. The number of hydrogen-bond donors (Lipinski definition) is 1. The van der Waals surface area contributed by atoms with Gasteiger partial charge >= 0.3 is 0 Å². The van der Waals surface area contributed by atoms with Crippen molar-refractivity contribution < 1.29 is 17.6 Å². The summed E-state index contributed by atoms with van der Waals surface area (Å²) >= 11 is 0. The van der Waals surface area contributed by atoms with Gasteiger partial charge in [0, 0.05) is 26.2 Å². The molecule has 0 aromatic heterocycles. The predicted molar refractivity (Wildman–Crippen MR) is 101 cm³/mol. The molecular formula is C19H28FN3O3S. The number of rotatable bonds is 6. The maximum absolute atomic E-state index is 13.0. The number of likely N-dealkylation sites (tertiary alicyclic amines) is 1. The molecule has 2 heterocycles. The standard InChI is InChI=1S/C19H28FN3O3S/c1-15-6-10-22(11-7-15)13-9-21-19(24)16-8-12-23(14-16)27(25,26)18-4-2-17(20)3-5-18/h2-5,15-16H,6-14H2,1H3,(H,21,24). The molecule has 2 aliphatic rings. The Morgan fingerprint density at radius 3 is 2.48 bits per heavy atom. The van der Waals surface area contributed by atoms with E-state index >= 15 is 0 Å². The minimum Gasteiger partial charge on any atom is -0.355 e. The first-order valence-electron chi connectivity index (χ1n) is 9.62. The number of nitrogens with one attached hydrogen (secondary N) is 1. The zero-order valence-corrected chi connectivity index (χ0v) is 16.5. The van der Waals surface area contributed by atoms with Crippen LogP contribution in [0.2, 0.25) is 0 Å². The Balaban J connectivity index is 1.47. The van der Waals surface area contributed by atoms with E-state index in [2.05, 4.69) is 17.1 Å². The maximum atomic E-state index is 13.0. The average Bonchev–Trinajstić information content (AvgIpc) is 3.15. The molecule has 3 rings (SSSR count). The van der Waals surface area contributed by atoms with E-state index < -0.39 is 15.8 Å². The van der Waals surface area contributed by atoms with Gasteiger partial charge in [-0.2, -0.15) is 4.31 Å². The van der Waals surface area contributed by atoms with Gasteiger partial charge in [-0.15, -0.1) is 0 Å². The fourth-order valence-corrected chi connectivity index (χ4v) is 5.18. The van der Waals surface area contributed by atoms with Crippen LogP contribution in [0.4, 0.5) is 4.39 Å². The lowest BCUT2D eigenvalue weighted by Gasteiger charge is -2.30. The van der Waals surface area contributed by atoms with Crippen LogP contribution in [0.15, 0.2) is 29.2 Å². The third kappa shape index (κ3) is 5.06. The summed E-state index contributed by atoms with van der Waals surface area (Å²) in [6, 6.07) is 4.79. The summed E-state index contributed by atoms with van der Waals surface area (Å²) in [5.41, 5.74) is 0. The molecule has 27 heavy (non-hydrogen) atoms. The first kappa shape index (κ1) is 20.2. The molecule has 1 N–H and O–H groups in total. The highest BCUT2D eigenvalue weighted by Crippen LogP contribution is 2.24. The molecule has 2 aliphatic heterocycles. The van der Waals surface area contributed by atoms with Crippen molar-refractivity contribution in [1.82, 2.24) is 14.5 Å². The van der Waals surface area contributed by atoms with Crippen molar-refractivity contribution in [2.24, 2.45) is 11.8 Å². The Bertz CT molecular complexity index is 746. The molecule has 150 valence electrons. The number of carbonyl (C=O) groups excluding carboxylic acids is 1. The third-order valence-electron chi connectivity index (χ3n) is 5.58. The van der Waals surface area contributed by atoms with Crippen molar-refractivity contribution in [3.63, 3.8) is 0 Å². The lowest BCUT2D eigenvalue weighted by Crippen LogP contribution is -2.41. The third-order valence-corrected chi connectivity index (χ3v) is 7.46. The second kappa shape index (κ2) is 8.67. The molecule has 1 amide bonds. The predicted octanol–water partition coefficient (Wildman–Crippen LogP) is 1.68. The molecule has 6 nitrogen and oxygen atoms in total. The number of carbonyl (C=O) groups is 1. The van der Waals surface area contributed by atoms with Gasteiger partial charge < -0.3 is 10.2 Å². The van der Waals surface area contributed by atoms with Gasteiger partial charge in [-0.1, -0.05) is 6.92 Å². The Hall–Kier alpha value is -1.51. The molecule has 2 saturated heterocycles. The molecular weight excluding hydrogens is 369 g/mol. The van der Waals surface area contributed by atoms with Gasteiger partial charge in [-0.25, -0.2) is 12.8 Å². The monoisotopic (exact) mass is 397 g/mol. The summed E-state index contributed by atoms with van der Waals surface area (Å²) in [5.74, 6) is -0.113. The molecule has 1 unspecified atom stereocenters. The van der Waals surface area contributed by atoms with E-state index in [9.17, 15) is 17.6 Å². The minimum atomic E-state index is -3.69. The number of nitrogens with zero attached hydrogens (tertiary/aromatic N) is 2. The van der Waals surface area contributed by atoms with E-state index in [-0.39, 0.29) is 23.3 Å². The molecule has 1 aromatic carbocycles. The number of halogens is 1. The molecule has 0 saturated carbocycles. The van der Waals surface area contributed by atoms with Crippen LogP contribution in [0.5, 0.6) is 0 Å². The van der Waals surface area contributed by atoms with Crippen LogP contribution in [0.1, 0.15) is 26.2 Å². The Kier molecular flexibility index (Phi) is 6.49. The van der Waals surface area contributed by atoms with Crippen LogP contribution in [-0.4, -0.2) is 62.8 Å². The Morgan fingerprint density at radius 1 is 1.15 bits per heavy atom.